The second-order valence-corrected chi connectivity index (χ2v) is 6.79. The normalized spacial score (nSPS) is 23.1. The number of halogens is 1. The Hall–Kier alpha value is -1.31. The molecule has 0 spiro atoms. The number of alkyl halides is 1. The molecule has 2 aliphatic rings. The molecule has 0 aliphatic heterocycles. The topological polar surface area (TPSA) is 12.0 Å². The van der Waals surface area contributed by atoms with Crippen LogP contribution in [0.3, 0.4) is 0 Å². The van der Waals surface area contributed by atoms with Gasteiger partial charge in [0.2, 0.25) is 0 Å². The van der Waals surface area contributed by atoms with Crippen LogP contribution in [0.4, 0.5) is 0 Å². The fraction of sp³-hybridized carbons (Fsp3) is 0.368. The van der Waals surface area contributed by atoms with Crippen LogP contribution in [0, 0.1) is 0 Å². The molecule has 4 rings (SSSR count). The first-order chi connectivity index (χ1) is 10.3. The number of aryl methyl sites for hydroxylation is 2. The van der Waals surface area contributed by atoms with E-state index in [-0.39, 0.29) is 11.4 Å². The SMILES string of the molecule is ClC1Cc2ccccc2C1NCc1ccc2c(c1)CCC2. The van der Waals surface area contributed by atoms with E-state index in [9.17, 15) is 0 Å². The molecule has 0 saturated heterocycles. The van der Waals surface area contributed by atoms with Gasteiger partial charge >= 0.3 is 0 Å². The minimum Gasteiger partial charge on any atom is -0.305 e. The van der Waals surface area contributed by atoms with Gasteiger partial charge in [-0.25, -0.2) is 0 Å². The molecule has 21 heavy (non-hydrogen) atoms. The Morgan fingerprint density at radius 1 is 1.00 bits per heavy atom. The zero-order valence-corrected chi connectivity index (χ0v) is 12.9. The van der Waals surface area contributed by atoms with Gasteiger partial charge < -0.3 is 5.32 Å². The van der Waals surface area contributed by atoms with Crippen molar-refractivity contribution in [2.24, 2.45) is 0 Å². The highest BCUT2D eigenvalue weighted by atomic mass is 35.5. The zero-order valence-electron chi connectivity index (χ0n) is 12.1. The maximum Gasteiger partial charge on any atom is 0.0571 e. The summed E-state index contributed by atoms with van der Waals surface area (Å²) in [5.41, 5.74) is 7.23. The summed E-state index contributed by atoms with van der Waals surface area (Å²) in [5, 5.41) is 3.83. The van der Waals surface area contributed by atoms with E-state index in [2.05, 4.69) is 47.8 Å². The predicted molar refractivity (Wildman–Crippen MR) is 87.8 cm³/mol. The number of benzene rings is 2. The quantitative estimate of drug-likeness (QED) is 0.839. The van der Waals surface area contributed by atoms with Gasteiger partial charge in [-0.15, -0.1) is 11.6 Å². The lowest BCUT2D eigenvalue weighted by Crippen LogP contribution is -2.25. The minimum atomic E-state index is 0.164. The Bertz CT molecular complexity index is 664. The van der Waals surface area contributed by atoms with Crippen molar-refractivity contribution in [3.05, 3.63) is 70.3 Å². The smallest absolute Gasteiger partial charge is 0.0571 e. The molecule has 0 heterocycles. The van der Waals surface area contributed by atoms with E-state index in [1.54, 1.807) is 11.1 Å². The highest BCUT2D eigenvalue weighted by molar-refractivity contribution is 6.21. The van der Waals surface area contributed by atoms with Crippen LogP contribution in [0.15, 0.2) is 42.5 Å². The second kappa shape index (κ2) is 5.47. The van der Waals surface area contributed by atoms with E-state index in [1.807, 2.05) is 0 Å². The maximum absolute atomic E-state index is 6.54. The molecule has 2 heteroatoms. The summed E-state index contributed by atoms with van der Waals surface area (Å²) in [4.78, 5) is 0. The molecule has 2 aromatic carbocycles. The van der Waals surface area contributed by atoms with Gasteiger partial charge in [-0.05, 0) is 53.5 Å². The minimum absolute atomic E-state index is 0.164. The van der Waals surface area contributed by atoms with Crippen molar-refractivity contribution in [1.29, 1.82) is 0 Å². The van der Waals surface area contributed by atoms with Gasteiger partial charge in [0.15, 0.2) is 0 Å². The van der Waals surface area contributed by atoms with Crippen LogP contribution in [0.1, 0.15) is 40.3 Å². The third-order valence-corrected chi connectivity index (χ3v) is 5.26. The van der Waals surface area contributed by atoms with Crippen molar-refractivity contribution >= 4 is 11.6 Å². The first kappa shape index (κ1) is 13.4. The first-order valence-electron chi connectivity index (χ1n) is 7.87. The fourth-order valence-corrected chi connectivity index (χ4v) is 4.14. The van der Waals surface area contributed by atoms with Crippen molar-refractivity contribution in [3.63, 3.8) is 0 Å². The van der Waals surface area contributed by atoms with E-state index >= 15 is 0 Å². The number of nitrogens with one attached hydrogen (secondary N) is 1. The molecule has 0 radical (unpaired) electrons. The van der Waals surface area contributed by atoms with Crippen LogP contribution in [0.5, 0.6) is 0 Å². The van der Waals surface area contributed by atoms with Crippen molar-refractivity contribution in [1.82, 2.24) is 5.32 Å². The Balaban J connectivity index is 1.50. The Morgan fingerprint density at radius 3 is 2.81 bits per heavy atom. The number of rotatable bonds is 3. The predicted octanol–water partition coefficient (Wildman–Crippen LogP) is 4.17. The van der Waals surface area contributed by atoms with Crippen LogP contribution >= 0.6 is 11.6 Å². The molecule has 1 nitrogen and oxygen atoms in total. The summed E-state index contributed by atoms with van der Waals surface area (Å²) >= 11 is 6.54. The molecule has 0 fully saturated rings. The first-order valence-corrected chi connectivity index (χ1v) is 8.31. The molecule has 1 N–H and O–H groups in total. The van der Waals surface area contributed by atoms with E-state index < -0.39 is 0 Å². The lowest BCUT2D eigenvalue weighted by molar-refractivity contribution is 0.536. The van der Waals surface area contributed by atoms with E-state index in [1.165, 1.54) is 36.0 Å². The molecule has 2 aliphatic carbocycles. The molecule has 2 atom stereocenters. The van der Waals surface area contributed by atoms with Crippen molar-refractivity contribution in [3.8, 4) is 0 Å². The van der Waals surface area contributed by atoms with Gasteiger partial charge in [0, 0.05) is 12.6 Å². The van der Waals surface area contributed by atoms with Crippen molar-refractivity contribution in [2.75, 3.05) is 0 Å². The Morgan fingerprint density at radius 2 is 1.86 bits per heavy atom. The molecule has 0 aromatic heterocycles. The number of hydrogen-bond donors (Lipinski definition) is 1. The van der Waals surface area contributed by atoms with Gasteiger partial charge in [0.1, 0.15) is 0 Å². The standard InChI is InChI=1S/C19H20ClN/c20-18-11-16-4-1-2-7-17(16)19(18)21-12-13-8-9-14-5-3-6-15(14)10-13/h1-2,4,7-10,18-19,21H,3,5-6,11-12H2. The van der Waals surface area contributed by atoms with Gasteiger partial charge in [0.05, 0.1) is 5.38 Å². The lowest BCUT2D eigenvalue weighted by atomic mass is 10.1. The third-order valence-electron chi connectivity index (χ3n) is 4.86. The van der Waals surface area contributed by atoms with Crippen LogP contribution in [-0.4, -0.2) is 5.38 Å². The average Bonchev–Trinajstić information content (AvgIpc) is 3.08. The second-order valence-electron chi connectivity index (χ2n) is 6.23. The lowest BCUT2D eigenvalue weighted by Gasteiger charge is -2.18. The summed E-state index contributed by atoms with van der Waals surface area (Å²) in [6.07, 6.45) is 4.78. The van der Waals surface area contributed by atoms with Gasteiger partial charge in [-0.1, -0.05) is 42.5 Å². The Labute approximate surface area is 131 Å². The van der Waals surface area contributed by atoms with Crippen LogP contribution in [-0.2, 0) is 25.8 Å². The summed E-state index contributed by atoms with van der Waals surface area (Å²) < 4.78 is 0. The highest BCUT2D eigenvalue weighted by Gasteiger charge is 2.30. The van der Waals surface area contributed by atoms with Crippen LogP contribution in [0.2, 0.25) is 0 Å². The number of hydrogen-bond acceptors (Lipinski definition) is 1. The molecular formula is C19H20ClN. The van der Waals surface area contributed by atoms with E-state index in [0.29, 0.717) is 0 Å². The van der Waals surface area contributed by atoms with E-state index in [4.69, 9.17) is 11.6 Å². The monoisotopic (exact) mass is 297 g/mol. The number of fused-ring (bicyclic) bond motifs is 2. The molecular weight excluding hydrogens is 278 g/mol. The van der Waals surface area contributed by atoms with Crippen LogP contribution in [0.25, 0.3) is 0 Å². The largest absolute Gasteiger partial charge is 0.305 e. The molecule has 0 bridgehead atoms. The molecule has 2 aromatic rings. The molecule has 2 unspecified atom stereocenters. The Kier molecular flexibility index (Phi) is 3.48. The summed E-state index contributed by atoms with van der Waals surface area (Å²) in [5.74, 6) is 0. The third kappa shape index (κ3) is 2.49. The van der Waals surface area contributed by atoms with Crippen LogP contribution < -0.4 is 5.32 Å². The van der Waals surface area contributed by atoms with E-state index in [0.717, 1.165) is 13.0 Å². The molecule has 108 valence electrons. The highest BCUT2D eigenvalue weighted by Crippen LogP contribution is 2.35. The van der Waals surface area contributed by atoms with Gasteiger partial charge in [0.25, 0.3) is 0 Å². The summed E-state index contributed by atoms with van der Waals surface area (Å²) in [6, 6.07) is 15.8. The molecule has 0 amide bonds. The van der Waals surface area contributed by atoms with Crippen molar-refractivity contribution in [2.45, 2.75) is 43.6 Å². The average molecular weight is 298 g/mol. The molecule has 0 saturated carbocycles. The summed E-state index contributed by atoms with van der Waals surface area (Å²) in [7, 11) is 0. The zero-order chi connectivity index (χ0) is 14.2. The summed E-state index contributed by atoms with van der Waals surface area (Å²) in [6.45, 7) is 0.898. The fourth-order valence-electron chi connectivity index (χ4n) is 3.75. The maximum atomic E-state index is 6.54. The van der Waals surface area contributed by atoms with Gasteiger partial charge in [-0.3, -0.25) is 0 Å². The van der Waals surface area contributed by atoms with Crippen molar-refractivity contribution < 1.29 is 0 Å². The van der Waals surface area contributed by atoms with Gasteiger partial charge in [-0.2, -0.15) is 0 Å².